The van der Waals surface area contributed by atoms with Crippen LogP contribution in [0.15, 0.2) is 73.1 Å². The van der Waals surface area contributed by atoms with Gasteiger partial charge in [0.2, 0.25) is 11.8 Å². The first-order chi connectivity index (χ1) is 16.1. The molecule has 0 saturated carbocycles. The Balaban J connectivity index is 1.21. The molecule has 0 radical (unpaired) electrons. The van der Waals surface area contributed by atoms with Crippen LogP contribution in [0.1, 0.15) is 24.0 Å². The number of benzene rings is 2. The second-order valence-electron chi connectivity index (χ2n) is 7.63. The van der Waals surface area contributed by atoms with Gasteiger partial charge in [-0.1, -0.05) is 24.3 Å². The molecule has 4 rings (SSSR count). The van der Waals surface area contributed by atoms with Crippen molar-refractivity contribution in [1.29, 1.82) is 0 Å². The largest absolute Gasteiger partial charge is 0.453 e. The fourth-order valence-electron chi connectivity index (χ4n) is 3.65. The zero-order valence-corrected chi connectivity index (χ0v) is 18.0. The Labute approximate surface area is 191 Å². The van der Waals surface area contributed by atoms with Gasteiger partial charge in [-0.2, -0.15) is 0 Å². The van der Waals surface area contributed by atoms with Crippen LogP contribution in [0, 0.1) is 5.82 Å². The molecule has 0 saturated heterocycles. The summed E-state index contributed by atoms with van der Waals surface area (Å²) in [5, 5.41) is 2.75. The summed E-state index contributed by atoms with van der Waals surface area (Å²) in [7, 11) is 0. The summed E-state index contributed by atoms with van der Waals surface area (Å²) in [5.74, 6) is -0.260. The number of halogens is 1. The Bertz CT molecular complexity index is 1160. The highest BCUT2D eigenvalue weighted by Crippen LogP contribution is 2.28. The van der Waals surface area contributed by atoms with E-state index in [1.54, 1.807) is 24.4 Å². The highest BCUT2D eigenvalue weighted by atomic mass is 19.1. The summed E-state index contributed by atoms with van der Waals surface area (Å²) in [6.45, 7) is 1.09. The van der Waals surface area contributed by atoms with Crippen molar-refractivity contribution in [1.82, 2.24) is 10.3 Å². The number of nitrogens with one attached hydrogen (secondary N) is 1. The van der Waals surface area contributed by atoms with Gasteiger partial charge < -0.3 is 15.0 Å². The van der Waals surface area contributed by atoms with E-state index >= 15 is 0 Å². The van der Waals surface area contributed by atoms with Crippen LogP contribution in [-0.2, 0) is 16.0 Å². The molecule has 0 unspecified atom stereocenters. The highest BCUT2D eigenvalue weighted by Gasteiger charge is 2.23. The quantitative estimate of drug-likeness (QED) is 0.409. The van der Waals surface area contributed by atoms with Gasteiger partial charge in [-0.25, -0.2) is 4.39 Å². The Kier molecular flexibility index (Phi) is 7.09. The Morgan fingerprint density at radius 3 is 2.85 bits per heavy atom. The molecule has 168 valence electrons. The third kappa shape index (κ3) is 5.83. The van der Waals surface area contributed by atoms with Crippen LogP contribution in [0.4, 0.5) is 10.1 Å². The van der Waals surface area contributed by atoms with Gasteiger partial charge in [0.1, 0.15) is 5.75 Å². The number of anilines is 1. The summed E-state index contributed by atoms with van der Waals surface area (Å²) in [4.78, 5) is 30.3. The van der Waals surface area contributed by atoms with Gasteiger partial charge in [0, 0.05) is 37.5 Å². The SMILES string of the molecule is O=C(C=Cc1ccc(Oc2cccnc2)c(F)c1)NCCCC(=O)N1CCc2ccccc21. The molecule has 2 heterocycles. The molecule has 6 nitrogen and oxygen atoms in total. The van der Waals surface area contributed by atoms with Crippen molar-refractivity contribution in [2.75, 3.05) is 18.0 Å². The number of nitrogens with zero attached hydrogens (tertiary/aromatic N) is 2. The van der Waals surface area contributed by atoms with Crippen LogP contribution < -0.4 is 15.0 Å². The average molecular weight is 445 g/mol. The van der Waals surface area contributed by atoms with E-state index < -0.39 is 5.82 Å². The van der Waals surface area contributed by atoms with Gasteiger partial charge in [-0.15, -0.1) is 0 Å². The third-order valence-electron chi connectivity index (χ3n) is 5.30. The van der Waals surface area contributed by atoms with Gasteiger partial charge >= 0.3 is 0 Å². The molecule has 7 heteroatoms. The number of hydrogen-bond donors (Lipinski definition) is 1. The maximum absolute atomic E-state index is 14.3. The smallest absolute Gasteiger partial charge is 0.243 e. The number of para-hydroxylation sites is 1. The van der Waals surface area contributed by atoms with Crippen molar-refractivity contribution >= 4 is 23.6 Å². The summed E-state index contributed by atoms with van der Waals surface area (Å²) >= 11 is 0. The lowest BCUT2D eigenvalue weighted by molar-refractivity contribution is -0.119. The van der Waals surface area contributed by atoms with Crippen molar-refractivity contribution in [3.05, 3.63) is 90.0 Å². The molecule has 0 aliphatic carbocycles. The standard InChI is InChI=1S/C26H24FN3O3/c27-22-17-19(9-11-24(22)33-21-6-3-14-28-18-21)10-12-25(31)29-15-4-8-26(32)30-16-13-20-5-1-2-7-23(20)30/h1-3,5-7,9-12,14,17-18H,4,8,13,15-16H2,(H,29,31). The molecular formula is C26H24FN3O3. The number of carbonyl (C=O) groups excluding carboxylic acids is 2. The number of amides is 2. The molecule has 0 atom stereocenters. The molecule has 2 amide bonds. The minimum Gasteiger partial charge on any atom is -0.453 e. The molecule has 2 aromatic carbocycles. The van der Waals surface area contributed by atoms with E-state index in [-0.39, 0.29) is 17.6 Å². The third-order valence-corrected chi connectivity index (χ3v) is 5.30. The van der Waals surface area contributed by atoms with Gasteiger partial charge in [0.15, 0.2) is 11.6 Å². The number of ether oxygens (including phenoxy) is 1. The molecule has 33 heavy (non-hydrogen) atoms. The summed E-state index contributed by atoms with van der Waals surface area (Å²) in [5.41, 5.74) is 2.71. The average Bonchev–Trinajstić information content (AvgIpc) is 3.27. The van der Waals surface area contributed by atoms with Crippen molar-refractivity contribution in [3.63, 3.8) is 0 Å². The fraction of sp³-hybridized carbons (Fsp3) is 0.192. The normalized spacial score (nSPS) is 12.6. The lowest BCUT2D eigenvalue weighted by Gasteiger charge is -2.17. The molecule has 0 bridgehead atoms. The van der Waals surface area contributed by atoms with Gasteiger partial charge in [-0.05, 0) is 60.4 Å². The molecule has 0 fully saturated rings. The number of aromatic nitrogens is 1. The van der Waals surface area contributed by atoms with Gasteiger partial charge in [0.05, 0.1) is 6.20 Å². The van der Waals surface area contributed by atoms with Crippen LogP contribution in [0.2, 0.25) is 0 Å². The van der Waals surface area contributed by atoms with E-state index in [9.17, 15) is 14.0 Å². The number of pyridine rings is 1. The predicted octanol–water partition coefficient (Wildman–Crippen LogP) is 4.51. The van der Waals surface area contributed by atoms with Crippen LogP contribution in [0.25, 0.3) is 6.08 Å². The van der Waals surface area contributed by atoms with E-state index in [1.165, 1.54) is 36.0 Å². The first-order valence-electron chi connectivity index (χ1n) is 10.8. The molecule has 1 N–H and O–H groups in total. The van der Waals surface area contributed by atoms with Crippen LogP contribution in [0.5, 0.6) is 11.5 Å². The monoisotopic (exact) mass is 445 g/mol. The minimum absolute atomic E-state index is 0.0637. The van der Waals surface area contributed by atoms with Crippen LogP contribution in [-0.4, -0.2) is 29.9 Å². The topological polar surface area (TPSA) is 71.5 Å². The molecule has 3 aromatic rings. The summed E-state index contributed by atoms with van der Waals surface area (Å²) < 4.78 is 19.7. The lowest BCUT2D eigenvalue weighted by atomic mass is 10.2. The van der Waals surface area contributed by atoms with E-state index in [1.807, 2.05) is 29.2 Å². The second kappa shape index (κ2) is 10.5. The second-order valence-corrected chi connectivity index (χ2v) is 7.63. The number of hydrogen-bond acceptors (Lipinski definition) is 4. The summed E-state index contributed by atoms with van der Waals surface area (Å²) in [6, 6.07) is 15.8. The van der Waals surface area contributed by atoms with E-state index in [0.29, 0.717) is 37.2 Å². The highest BCUT2D eigenvalue weighted by molar-refractivity contribution is 5.95. The number of carbonyl (C=O) groups is 2. The number of rotatable bonds is 8. The van der Waals surface area contributed by atoms with Crippen molar-refractivity contribution in [3.8, 4) is 11.5 Å². The maximum Gasteiger partial charge on any atom is 0.243 e. The lowest BCUT2D eigenvalue weighted by Crippen LogP contribution is -2.30. The molecule has 0 spiro atoms. The fourth-order valence-corrected chi connectivity index (χ4v) is 3.65. The minimum atomic E-state index is -0.539. The Morgan fingerprint density at radius 2 is 2.03 bits per heavy atom. The van der Waals surface area contributed by atoms with E-state index in [2.05, 4.69) is 10.3 Å². The molecular weight excluding hydrogens is 421 g/mol. The zero-order chi connectivity index (χ0) is 23.0. The van der Waals surface area contributed by atoms with Crippen molar-refractivity contribution in [2.45, 2.75) is 19.3 Å². The molecule has 1 aliphatic rings. The maximum atomic E-state index is 14.3. The van der Waals surface area contributed by atoms with Gasteiger partial charge in [0.25, 0.3) is 0 Å². The predicted molar refractivity (Wildman–Crippen MR) is 124 cm³/mol. The number of fused-ring (bicyclic) bond motifs is 1. The Hall–Kier alpha value is -4.00. The van der Waals surface area contributed by atoms with Crippen LogP contribution >= 0.6 is 0 Å². The van der Waals surface area contributed by atoms with Gasteiger partial charge in [-0.3, -0.25) is 14.6 Å². The zero-order valence-electron chi connectivity index (χ0n) is 18.0. The van der Waals surface area contributed by atoms with Crippen LogP contribution in [0.3, 0.4) is 0 Å². The van der Waals surface area contributed by atoms with Crippen molar-refractivity contribution in [2.24, 2.45) is 0 Å². The van der Waals surface area contributed by atoms with Crippen molar-refractivity contribution < 1.29 is 18.7 Å². The molecule has 1 aromatic heterocycles. The summed E-state index contributed by atoms with van der Waals surface area (Å²) in [6.07, 6.45) is 7.75. The first kappa shape index (κ1) is 22.2. The first-order valence-corrected chi connectivity index (χ1v) is 10.8. The van der Waals surface area contributed by atoms with E-state index in [4.69, 9.17) is 4.74 Å². The molecule has 1 aliphatic heterocycles. The van der Waals surface area contributed by atoms with E-state index in [0.717, 1.165) is 12.1 Å². The Morgan fingerprint density at radius 1 is 1.15 bits per heavy atom.